The van der Waals surface area contributed by atoms with Gasteiger partial charge < -0.3 is 10.2 Å². The van der Waals surface area contributed by atoms with Gasteiger partial charge in [-0.2, -0.15) is 0 Å². The summed E-state index contributed by atoms with van der Waals surface area (Å²) in [7, 11) is 0. The minimum absolute atomic E-state index is 0.164. The van der Waals surface area contributed by atoms with Crippen molar-refractivity contribution >= 4 is 0 Å². The molecular weight excluding hydrogens is 633 g/mol. The van der Waals surface area contributed by atoms with Crippen LogP contribution in [-0.4, -0.2) is 10.2 Å². The van der Waals surface area contributed by atoms with Crippen LogP contribution in [0, 0.1) is 55.4 Å². The molecule has 2 nitrogen and oxygen atoms in total. The first kappa shape index (κ1) is 41.2. The molecule has 0 radical (unpaired) electrons. The molecule has 0 unspecified atom stereocenters. The Hall–Kier alpha value is -3.52. The molecule has 52 heavy (non-hydrogen) atoms. The van der Waals surface area contributed by atoms with Crippen molar-refractivity contribution in [3.63, 3.8) is 0 Å². The molecule has 0 spiro atoms. The van der Waals surface area contributed by atoms with E-state index in [2.05, 4.69) is 163 Å². The SMILES string of the molecule is Cc1c(C)c(-c2c(C)c(C)c(Cc3cc(C(C)(C)C)c(O)c(C(C)(C)C)c3)c(C)c2C)c(C)c(C)c1Cc1cc(C(C)(C)C)c(O)c(C(C)(C)C)c1. The van der Waals surface area contributed by atoms with E-state index in [1.807, 2.05) is 0 Å². The molecule has 0 atom stereocenters. The fraction of sp³-hybridized carbons (Fsp3) is 0.520. The lowest BCUT2D eigenvalue weighted by molar-refractivity contribution is 0.422. The molecule has 2 heteroatoms. The quantitative estimate of drug-likeness (QED) is 0.217. The Bertz CT molecular complexity index is 1760. The Morgan fingerprint density at radius 2 is 0.538 bits per heavy atom. The second-order valence-corrected chi connectivity index (χ2v) is 20.1. The summed E-state index contributed by atoms with van der Waals surface area (Å²) in [5, 5.41) is 22.8. The van der Waals surface area contributed by atoms with Gasteiger partial charge in [0.05, 0.1) is 0 Å². The number of phenolic OH excluding ortho intramolecular Hbond substituents is 2. The van der Waals surface area contributed by atoms with Gasteiger partial charge in [-0.25, -0.2) is 0 Å². The Balaban J connectivity index is 1.90. The molecule has 4 rings (SSSR count). The van der Waals surface area contributed by atoms with Gasteiger partial charge in [-0.15, -0.1) is 0 Å². The molecule has 0 aliphatic heterocycles. The van der Waals surface area contributed by atoms with Gasteiger partial charge in [0.25, 0.3) is 0 Å². The zero-order valence-corrected chi connectivity index (χ0v) is 36.6. The van der Waals surface area contributed by atoms with Crippen molar-refractivity contribution in [3.05, 3.63) is 113 Å². The van der Waals surface area contributed by atoms with Crippen molar-refractivity contribution in [2.75, 3.05) is 0 Å². The lowest BCUT2D eigenvalue weighted by Gasteiger charge is -2.30. The van der Waals surface area contributed by atoms with Crippen LogP contribution in [0.2, 0.25) is 0 Å². The van der Waals surface area contributed by atoms with Gasteiger partial charge in [-0.3, -0.25) is 0 Å². The number of hydrogen-bond donors (Lipinski definition) is 2. The molecule has 0 fully saturated rings. The van der Waals surface area contributed by atoms with E-state index in [-0.39, 0.29) is 21.7 Å². The highest BCUT2D eigenvalue weighted by Crippen LogP contribution is 2.45. The van der Waals surface area contributed by atoms with Crippen molar-refractivity contribution in [1.29, 1.82) is 0 Å². The second-order valence-electron chi connectivity index (χ2n) is 20.1. The van der Waals surface area contributed by atoms with Crippen molar-refractivity contribution in [2.24, 2.45) is 0 Å². The van der Waals surface area contributed by atoms with Crippen LogP contribution in [0.1, 0.15) is 172 Å². The standard InChI is InChI=1S/C50H70O2/c1-27-31(5)43(32(6)28(2)37(27)21-35-23-39(47(9,10)11)45(51)40(24-35)48(12,13)14)44-33(7)29(3)38(30(4)34(44)8)22-36-25-41(49(15,16)17)46(52)42(26-36)50(18,19)20/h23-26,51-52H,21-22H2,1-20H3. The molecule has 0 aromatic heterocycles. The maximum Gasteiger partial charge on any atom is 0.123 e. The normalized spacial score (nSPS) is 12.9. The van der Waals surface area contributed by atoms with Crippen LogP contribution in [0.3, 0.4) is 0 Å². The van der Waals surface area contributed by atoms with Crippen molar-refractivity contribution in [2.45, 2.75) is 173 Å². The minimum atomic E-state index is -0.164. The van der Waals surface area contributed by atoms with Gasteiger partial charge in [0.2, 0.25) is 0 Å². The third-order valence-corrected chi connectivity index (χ3v) is 12.1. The van der Waals surface area contributed by atoms with Crippen molar-refractivity contribution in [3.8, 4) is 22.6 Å². The topological polar surface area (TPSA) is 40.5 Å². The van der Waals surface area contributed by atoms with Crippen LogP contribution in [0.4, 0.5) is 0 Å². The monoisotopic (exact) mass is 703 g/mol. The number of aromatic hydroxyl groups is 2. The molecule has 282 valence electrons. The Kier molecular flexibility index (Phi) is 10.9. The van der Waals surface area contributed by atoms with Gasteiger partial charge >= 0.3 is 0 Å². The predicted octanol–water partition coefficient (Wildman–Crippen LogP) is 13.6. The summed E-state index contributed by atoms with van der Waals surface area (Å²) in [6.07, 6.45) is 1.67. The molecule has 0 amide bonds. The maximum absolute atomic E-state index is 11.4. The van der Waals surface area contributed by atoms with Gasteiger partial charge in [-0.1, -0.05) is 107 Å². The zero-order valence-electron chi connectivity index (χ0n) is 36.6. The fourth-order valence-electron chi connectivity index (χ4n) is 8.35. The van der Waals surface area contributed by atoms with E-state index in [0.29, 0.717) is 11.5 Å². The smallest absolute Gasteiger partial charge is 0.123 e. The molecule has 0 heterocycles. The molecule has 4 aromatic rings. The number of benzene rings is 4. The van der Waals surface area contributed by atoms with Crippen molar-refractivity contribution < 1.29 is 10.2 Å². The highest BCUT2D eigenvalue weighted by atomic mass is 16.3. The molecule has 0 aliphatic carbocycles. The molecule has 0 bridgehead atoms. The summed E-state index contributed by atoms with van der Waals surface area (Å²) in [6.45, 7) is 44.7. The second kappa shape index (κ2) is 13.7. The lowest BCUT2D eigenvalue weighted by atomic mass is 9.76. The molecular formula is C50H70O2. The Morgan fingerprint density at radius 1 is 0.346 bits per heavy atom. The Labute approximate surface area is 318 Å². The van der Waals surface area contributed by atoms with E-state index in [1.54, 1.807) is 0 Å². The highest BCUT2D eigenvalue weighted by Gasteiger charge is 2.29. The maximum atomic E-state index is 11.4. The Morgan fingerprint density at radius 3 is 0.712 bits per heavy atom. The number of hydrogen-bond acceptors (Lipinski definition) is 2. The predicted molar refractivity (Wildman–Crippen MR) is 226 cm³/mol. The summed E-state index contributed by atoms with van der Waals surface area (Å²) in [4.78, 5) is 0. The first-order valence-electron chi connectivity index (χ1n) is 19.4. The van der Waals surface area contributed by atoms with Gasteiger partial charge in [0, 0.05) is 0 Å². The van der Waals surface area contributed by atoms with Crippen LogP contribution < -0.4 is 0 Å². The van der Waals surface area contributed by atoms with Gasteiger partial charge in [-0.05, 0) is 190 Å². The van der Waals surface area contributed by atoms with Crippen LogP contribution in [0.25, 0.3) is 11.1 Å². The summed E-state index contributed by atoms with van der Waals surface area (Å²) in [5.41, 5.74) is 22.3. The van der Waals surface area contributed by atoms with E-state index >= 15 is 0 Å². The number of phenols is 2. The first-order chi connectivity index (χ1) is 23.5. The third-order valence-electron chi connectivity index (χ3n) is 12.1. The van der Waals surface area contributed by atoms with Crippen molar-refractivity contribution in [1.82, 2.24) is 0 Å². The number of rotatable bonds is 5. The highest BCUT2D eigenvalue weighted by molar-refractivity contribution is 5.82. The molecule has 2 N–H and O–H groups in total. The van der Waals surface area contributed by atoms with Crippen LogP contribution in [0.5, 0.6) is 11.5 Å². The minimum Gasteiger partial charge on any atom is -0.507 e. The average Bonchev–Trinajstić information content (AvgIpc) is 3.00. The summed E-state index contributed by atoms with van der Waals surface area (Å²) < 4.78 is 0. The third kappa shape index (κ3) is 7.60. The van der Waals surface area contributed by atoms with Crippen LogP contribution >= 0.6 is 0 Å². The lowest BCUT2D eigenvalue weighted by Crippen LogP contribution is -2.18. The average molecular weight is 703 g/mol. The molecule has 0 saturated carbocycles. The summed E-state index contributed by atoms with van der Waals surface area (Å²) in [6, 6.07) is 8.96. The fourth-order valence-corrected chi connectivity index (χ4v) is 8.35. The largest absolute Gasteiger partial charge is 0.507 e. The van der Waals surface area contributed by atoms with E-state index < -0.39 is 0 Å². The summed E-state index contributed by atoms with van der Waals surface area (Å²) >= 11 is 0. The first-order valence-corrected chi connectivity index (χ1v) is 19.4. The molecule has 0 aliphatic rings. The zero-order chi connectivity index (χ0) is 39.8. The van der Waals surface area contributed by atoms with Gasteiger partial charge in [0.1, 0.15) is 11.5 Å². The van der Waals surface area contributed by atoms with Crippen LogP contribution in [-0.2, 0) is 34.5 Å². The van der Waals surface area contributed by atoms with E-state index in [1.165, 1.54) is 77.9 Å². The molecule has 0 saturated heterocycles. The van der Waals surface area contributed by atoms with E-state index in [9.17, 15) is 10.2 Å². The van der Waals surface area contributed by atoms with Crippen LogP contribution in [0.15, 0.2) is 24.3 Å². The van der Waals surface area contributed by atoms with Gasteiger partial charge in [0.15, 0.2) is 0 Å². The summed E-state index contributed by atoms with van der Waals surface area (Å²) in [5.74, 6) is 0.879. The van der Waals surface area contributed by atoms with E-state index in [4.69, 9.17) is 0 Å². The molecule has 4 aromatic carbocycles. The van der Waals surface area contributed by atoms with E-state index in [0.717, 1.165) is 35.1 Å².